The molecule has 106 valence electrons. The van der Waals surface area contributed by atoms with Gasteiger partial charge in [0.25, 0.3) is 0 Å². The fourth-order valence-corrected chi connectivity index (χ4v) is 2.68. The summed E-state index contributed by atoms with van der Waals surface area (Å²) in [6.45, 7) is 5.55. The molecule has 0 amide bonds. The molecule has 4 heteroatoms. The fourth-order valence-electron chi connectivity index (χ4n) is 2.68. The quantitative estimate of drug-likeness (QED) is 0.883. The van der Waals surface area contributed by atoms with Crippen LogP contribution in [0.3, 0.4) is 0 Å². The first kappa shape index (κ1) is 14.4. The van der Waals surface area contributed by atoms with Gasteiger partial charge in [-0.15, -0.1) is 0 Å². The van der Waals surface area contributed by atoms with Crippen LogP contribution in [0.5, 0.6) is 0 Å². The molecule has 1 unspecified atom stereocenters. The lowest BCUT2D eigenvalue weighted by Crippen LogP contribution is -2.45. The number of likely N-dealkylation sites (N-methyl/N-ethyl adjacent to an activating group) is 1. The van der Waals surface area contributed by atoms with Crippen LogP contribution in [0.15, 0.2) is 18.2 Å². The Balaban J connectivity index is 2.02. The highest BCUT2D eigenvalue weighted by molar-refractivity contribution is 5.18. The fraction of sp³-hybridized carbons (Fsp3) is 0.600. The molecular formula is C15H22F2N2. The van der Waals surface area contributed by atoms with E-state index in [1.165, 1.54) is 12.5 Å². The largest absolute Gasteiger partial charge is 0.315 e. The third kappa shape index (κ3) is 3.98. The van der Waals surface area contributed by atoms with Crippen molar-refractivity contribution in [3.63, 3.8) is 0 Å². The summed E-state index contributed by atoms with van der Waals surface area (Å²) in [4.78, 5) is 2.31. The Labute approximate surface area is 113 Å². The second kappa shape index (κ2) is 6.96. The van der Waals surface area contributed by atoms with E-state index >= 15 is 0 Å². The average molecular weight is 268 g/mol. The molecule has 0 radical (unpaired) electrons. The van der Waals surface area contributed by atoms with Gasteiger partial charge in [0.05, 0.1) is 0 Å². The molecule has 0 spiro atoms. The number of hydrogen-bond donors (Lipinski definition) is 1. The lowest BCUT2D eigenvalue weighted by molar-refractivity contribution is 0.136. The van der Waals surface area contributed by atoms with Crippen molar-refractivity contribution in [1.29, 1.82) is 0 Å². The molecule has 1 aliphatic heterocycles. The third-order valence-electron chi connectivity index (χ3n) is 3.77. The van der Waals surface area contributed by atoms with Crippen molar-refractivity contribution in [2.75, 3.05) is 19.6 Å². The predicted molar refractivity (Wildman–Crippen MR) is 73.0 cm³/mol. The van der Waals surface area contributed by atoms with Crippen molar-refractivity contribution < 1.29 is 8.78 Å². The Morgan fingerprint density at radius 2 is 2.16 bits per heavy atom. The van der Waals surface area contributed by atoms with E-state index in [0.29, 0.717) is 18.2 Å². The minimum Gasteiger partial charge on any atom is -0.315 e. The van der Waals surface area contributed by atoms with E-state index in [0.717, 1.165) is 38.5 Å². The van der Waals surface area contributed by atoms with Gasteiger partial charge in [0.1, 0.15) is 11.6 Å². The Kier molecular flexibility index (Phi) is 5.28. The Bertz CT molecular complexity index is 409. The van der Waals surface area contributed by atoms with Gasteiger partial charge in [-0.2, -0.15) is 0 Å². The van der Waals surface area contributed by atoms with E-state index in [1.54, 1.807) is 6.07 Å². The highest BCUT2D eigenvalue weighted by Crippen LogP contribution is 2.20. The summed E-state index contributed by atoms with van der Waals surface area (Å²) in [5, 5.41) is 3.36. The molecule has 0 aromatic heterocycles. The van der Waals surface area contributed by atoms with Gasteiger partial charge in [-0.3, -0.25) is 4.90 Å². The lowest BCUT2D eigenvalue weighted by atomic mass is 10.0. The van der Waals surface area contributed by atoms with Gasteiger partial charge in [-0.1, -0.05) is 19.4 Å². The van der Waals surface area contributed by atoms with Crippen molar-refractivity contribution in [1.82, 2.24) is 10.2 Å². The number of nitrogens with one attached hydrogen (secondary N) is 1. The molecule has 1 heterocycles. The molecule has 1 N–H and O–H groups in total. The van der Waals surface area contributed by atoms with E-state index in [1.807, 2.05) is 0 Å². The molecule has 1 atom stereocenters. The summed E-state index contributed by atoms with van der Waals surface area (Å²) in [6.07, 6.45) is 3.54. The number of hydrogen-bond acceptors (Lipinski definition) is 2. The van der Waals surface area contributed by atoms with Gasteiger partial charge >= 0.3 is 0 Å². The van der Waals surface area contributed by atoms with E-state index < -0.39 is 11.6 Å². The van der Waals surface area contributed by atoms with Gasteiger partial charge in [-0.25, -0.2) is 8.78 Å². The van der Waals surface area contributed by atoms with Crippen LogP contribution in [0, 0.1) is 11.6 Å². The number of benzene rings is 1. The first-order valence-corrected chi connectivity index (χ1v) is 7.09. The molecule has 0 aliphatic carbocycles. The Morgan fingerprint density at radius 1 is 1.32 bits per heavy atom. The highest BCUT2D eigenvalue weighted by Gasteiger charge is 2.22. The lowest BCUT2D eigenvalue weighted by Gasteiger charge is -2.36. The van der Waals surface area contributed by atoms with E-state index in [4.69, 9.17) is 0 Å². The van der Waals surface area contributed by atoms with Crippen LogP contribution in [0.2, 0.25) is 0 Å². The summed E-state index contributed by atoms with van der Waals surface area (Å²) in [6, 6.07) is 4.32. The Morgan fingerprint density at radius 3 is 2.89 bits per heavy atom. The van der Waals surface area contributed by atoms with Gasteiger partial charge in [-0.05, 0) is 32.0 Å². The molecule has 2 rings (SSSR count). The smallest absolute Gasteiger partial charge is 0.130 e. The molecule has 1 fully saturated rings. The van der Waals surface area contributed by atoms with Crippen LogP contribution in [0.1, 0.15) is 31.7 Å². The number of nitrogens with zero attached hydrogens (tertiary/aromatic N) is 1. The molecular weight excluding hydrogens is 246 g/mol. The van der Waals surface area contributed by atoms with Gasteiger partial charge in [0.15, 0.2) is 0 Å². The summed E-state index contributed by atoms with van der Waals surface area (Å²) in [5.41, 5.74) is 0.588. The maximum absolute atomic E-state index is 13.7. The monoisotopic (exact) mass is 268 g/mol. The molecule has 1 aromatic rings. The predicted octanol–water partition coefficient (Wildman–Crippen LogP) is 2.93. The van der Waals surface area contributed by atoms with Gasteiger partial charge in [0.2, 0.25) is 0 Å². The van der Waals surface area contributed by atoms with Crippen LogP contribution < -0.4 is 5.32 Å². The van der Waals surface area contributed by atoms with E-state index in [2.05, 4.69) is 17.1 Å². The first-order valence-electron chi connectivity index (χ1n) is 7.09. The van der Waals surface area contributed by atoms with Crippen molar-refractivity contribution >= 4 is 0 Å². The van der Waals surface area contributed by atoms with Crippen LogP contribution >= 0.6 is 0 Å². The van der Waals surface area contributed by atoms with Gasteiger partial charge in [0, 0.05) is 30.8 Å². The molecule has 0 saturated carbocycles. The topological polar surface area (TPSA) is 15.3 Å². The van der Waals surface area contributed by atoms with Crippen LogP contribution in [0.25, 0.3) is 0 Å². The maximum atomic E-state index is 13.7. The van der Waals surface area contributed by atoms with Crippen LogP contribution in [-0.4, -0.2) is 30.6 Å². The SMILES string of the molecule is CCNCC1CCCCN1Cc1ccc(F)cc1F. The average Bonchev–Trinajstić information content (AvgIpc) is 2.41. The van der Waals surface area contributed by atoms with Crippen molar-refractivity contribution in [2.45, 2.75) is 38.8 Å². The minimum atomic E-state index is -0.510. The van der Waals surface area contributed by atoms with Crippen molar-refractivity contribution in [3.05, 3.63) is 35.4 Å². The Hall–Kier alpha value is -1.00. The number of rotatable bonds is 5. The van der Waals surface area contributed by atoms with E-state index in [9.17, 15) is 8.78 Å². The molecule has 19 heavy (non-hydrogen) atoms. The first-order chi connectivity index (χ1) is 9.20. The zero-order valence-electron chi connectivity index (χ0n) is 11.5. The molecule has 1 aliphatic rings. The maximum Gasteiger partial charge on any atom is 0.130 e. The third-order valence-corrected chi connectivity index (χ3v) is 3.77. The zero-order chi connectivity index (χ0) is 13.7. The minimum absolute atomic E-state index is 0.437. The van der Waals surface area contributed by atoms with Crippen molar-refractivity contribution in [2.24, 2.45) is 0 Å². The van der Waals surface area contributed by atoms with Gasteiger partial charge < -0.3 is 5.32 Å². The van der Waals surface area contributed by atoms with Crippen molar-refractivity contribution in [3.8, 4) is 0 Å². The number of halogens is 2. The standard InChI is InChI=1S/C15H22F2N2/c1-2-18-10-14-5-3-4-8-19(14)11-12-6-7-13(16)9-15(12)17/h6-7,9,14,18H,2-5,8,10-11H2,1H3. The molecule has 0 bridgehead atoms. The highest BCUT2D eigenvalue weighted by atomic mass is 19.1. The van der Waals surface area contributed by atoms with Crippen LogP contribution in [-0.2, 0) is 6.54 Å². The second-order valence-electron chi connectivity index (χ2n) is 5.16. The normalized spacial score (nSPS) is 20.7. The molecule has 2 nitrogen and oxygen atoms in total. The molecule has 1 saturated heterocycles. The molecule has 1 aromatic carbocycles. The summed E-state index contributed by atoms with van der Waals surface area (Å²) in [7, 11) is 0. The van der Waals surface area contributed by atoms with Crippen LogP contribution in [0.4, 0.5) is 8.78 Å². The number of piperidine rings is 1. The summed E-state index contributed by atoms with van der Waals surface area (Å²) < 4.78 is 26.6. The summed E-state index contributed by atoms with van der Waals surface area (Å²) >= 11 is 0. The second-order valence-corrected chi connectivity index (χ2v) is 5.16. The zero-order valence-corrected chi connectivity index (χ0v) is 11.5. The summed E-state index contributed by atoms with van der Waals surface area (Å²) in [5.74, 6) is -0.947. The van der Waals surface area contributed by atoms with E-state index in [-0.39, 0.29) is 0 Å². The number of likely N-dealkylation sites (tertiary alicyclic amines) is 1.